The number of anilines is 1. The first-order valence-electron chi connectivity index (χ1n) is 13.8. The lowest BCUT2D eigenvalue weighted by atomic mass is 10.00. The van der Waals surface area contributed by atoms with E-state index in [2.05, 4.69) is 53.4 Å². The number of nitrogens with zero attached hydrogens (tertiary/aromatic N) is 2. The Morgan fingerprint density at radius 1 is 0.949 bits per heavy atom. The molecule has 3 aromatic rings. The minimum Gasteiger partial charge on any atom is -0.390 e. The van der Waals surface area contributed by atoms with Gasteiger partial charge in [-0.1, -0.05) is 45.0 Å². The van der Waals surface area contributed by atoms with E-state index in [1.165, 1.54) is 17.7 Å². The van der Waals surface area contributed by atoms with E-state index >= 15 is 0 Å². The molecule has 0 saturated carbocycles. The predicted octanol–water partition coefficient (Wildman–Crippen LogP) is 5.04. The first kappa shape index (κ1) is 30.2. The van der Waals surface area contributed by atoms with Gasteiger partial charge in [0.2, 0.25) is 0 Å². The normalized spacial score (nSPS) is 12.7. The summed E-state index contributed by atoms with van der Waals surface area (Å²) >= 11 is 0. The van der Waals surface area contributed by atoms with Gasteiger partial charge in [0.05, 0.1) is 12.1 Å². The van der Waals surface area contributed by atoms with Gasteiger partial charge in [0.1, 0.15) is 17.5 Å². The summed E-state index contributed by atoms with van der Waals surface area (Å²) in [4.78, 5) is 19.9. The summed E-state index contributed by atoms with van der Waals surface area (Å²) in [7, 11) is 0. The van der Waals surface area contributed by atoms with Crippen LogP contribution in [0, 0.1) is 11.6 Å². The molecule has 1 amide bonds. The number of carbonyl (C=O) groups is 1. The van der Waals surface area contributed by atoms with Crippen LogP contribution >= 0.6 is 0 Å². The van der Waals surface area contributed by atoms with Gasteiger partial charge in [0, 0.05) is 44.0 Å². The van der Waals surface area contributed by atoms with Gasteiger partial charge in [-0.3, -0.25) is 4.79 Å². The zero-order valence-corrected chi connectivity index (χ0v) is 23.1. The third-order valence-electron chi connectivity index (χ3n) is 6.56. The Morgan fingerprint density at radius 3 is 2.31 bits per heavy atom. The number of aliphatic hydroxyl groups excluding tert-OH is 1. The zero-order valence-electron chi connectivity index (χ0n) is 23.1. The molecule has 3 N–H and O–H groups in total. The summed E-state index contributed by atoms with van der Waals surface area (Å²) in [5.41, 5.74) is 3.06. The van der Waals surface area contributed by atoms with Crippen molar-refractivity contribution in [2.75, 3.05) is 24.5 Å². The highest BCUT2D eigenvalue weighted by Gasteiger charge is 2.23. The molecular formula is C31H40F2N4O2. The van der Waals surface area contributed by atoms with Gasteiger partial charge < -0.3 is 20.6 Å². The molecule has 3 rings (SSSR count). The number of aryl methyl sites for hydroxylation is 1. The van der Waals surface area contributed by atoms with Crippen LogP contribution in [0.4, 0.5) is 14.6 Å². The van der Waals surface area contributed by atoms with Crippen LogP contribution in [0.3, 0.4) is 0 Å². The highest BCUT2D eigenvalue weighted by atomic mass is 19.1. The van der Waals surface area contributed by atoms with Crippen molar-refractivity contribution in [3.05, 3.63) is 94.7 Å². The van der Waals surface area contributed by atoms with E-state index in [0.29, 0.717) is 23.5 Å². The monoisotopic (exact) mass is 538 g/mol. The van der Waals surface area contributed by atoms with Crippen LogP contribution < -0.4 is 15.5 Å². The summed E-state index contributed by atoms with van der Waals surface area (Å²) in [6.45, 7) is 8.65. The van der Waals surface area contributed by atoms with Gasteiger partial charge in [0.25, 0.3) is 5.91 Å². The topological polar surface area (TPSA) is 77.5 Å². The second-order valence-corrected chi connectivity index (χ2v) is 9.82. The average molecular weight is 539 g/mol. The Labute approximate surface area is 230 Å². The van der Waals surface area contributed by atoms with Crippen LogP contribution in [0.25, 0.3) is 0 Å². The number of aromatic nitrogens is 1. The Kier molecular flexibility index (Phi) is 11.8. The molecule has 1 heterocycles. The first-order chi connectivity index (χ1) is 18.8. The standard InChI is InChI=1S/C31H40F2N4O2/c1-4-12-37(13-5-2)30-18-25(10-11-35-30)31(39)36-28(17-24-15-26(32)19-27(33)16-24)29(38)21-34-20-23-9-7-8-22(6-3)14-23/h7-11,14-16,18-19,28-29,34,38H,4-6,12-13,17,20-21H2,1-3H3,(H,36,39). The summed E-state index contributed by atoms with van der Waals surface area (Å²) in [5, 5.41) is 17.2. The highest BCUT2D eigenvalue weighted by molar-refractivity contribution is 5.95. The van der Waals surface area contributed by atoms with Gasteiger partial charge in [-0.2, -0.15) is 0 Å². The number of aliphatic hydroxyl groups is 1. The summed E-state index contributed by atoms with van der Waals surface area (Å²) < 4.78 is 27.8. The molecular weight excluding hydrogens is 498 g/mol. The van der Waals surface area contributed by atoms with Crippen molar-refractivity contribution in [3.63, 3.8) is 0 Å². The van der Waals surface area contributed by atoms with Crippen molar-refractivity contribution in [1.29, 1.82) is 0 Å². The zero-order chi connectivity index (χ0) is 28.2. The van der Waals surface area contributed by atoms with Crippen LogP contribution in [0.15, 0.2) is 60.8 Å². The second kappa shape index (κ2) is 15.3. The van der Waals surface area contributed by atoms with Crippen molar-refractivity contribution in [2.24, 2.45) is 0 Å². The highest BCUT2D eigenvalue weighted by Crippen LogP contribution is 2.16. The van der Waals surface area contributed by atoms with E-state index in [1.807, 2.05) is 12.1 Å². The molecule has 6 nitrogen and oxygen atoms in total. The Hall–Kier alpha value is -3.36. The van der Waals surface area contributed by atoms with Gasteiger partial charge >= 0.3 is 0 Å². The fourth-order valence-corrected chi connectivity index (χ4v) is 4.60. The Morgan fingerprint density at radius 2 is 1.64 bits per heavy atom. The SMILES string of the molecule is CCCN(CCC)c1cc(C(=O)NC(Cc2cc(F)cc(F)c2)C(O)CNCc2cccc(CC)c2)ccn1. The van der Waals surface area contributed by atoms with Crippen molar-refractivity contribution in [1.82, 2.24) is 15.6 Å². The molecule has 0 aliphatic heterocycles. The van der Waals surface area contributed by atoms with E-state index in [9.17, 15) is 18.7 Å². The van der Waals surface area contributed by atoms with E-state index < -0.39 is 23.8 Å². The molecule has 0 radical (unpaired) electrons. The number of hydrogen-bond acceptors (Lipinski definition) is 5. The fraction of sp³-hybridized carbons (Fsp3) is 0.419. The second-order valence-electron chi connectivity index (χ2n) is 9.82. The molecule has 0 bridgehead atoms. The largest absolute Gasteiger partial charge is 0.390 e. The number of rotatable bonds is 15. The van der Waals surface area contributed by atoms with Gasteiger partial charge in [0.15, 0.2) is 0 Å². The summed E-state index contributed by atoms with van der Waals surface area (Å²) in [6, 6.07) is 14.0. The number of amides is 1. The molecule has 0 fully saturated rings. The quantitative estimate of drug-likeness (QED) is 0.253. The molecule has 39 heavy (non-hydrogen) atoms. The molecule has 0 aliphatic carbocycles. The number of nitrogens with one attached hydrogen (secondary N) is 2. The molecule has 210 valence electrons. The lowest BCUT2D eigenvalue weighted by Gasteiger charge is -2.26. The lowest BCUT2D eigenvalue weighted by Crippen LogP contribution is -2.48. The summed E-state index contributed by atoms with van der Waals surface area (Å²) in [5.74, 6) is -1.08. The van der Waals surface area contributed by atoms with E-state index in [1.54, 1.807) is 18.3 Å². The van der Waals surface area contributed by atoms with E-state index in [0.717, 1.165) is 44.0 Å². The number of benzene rings is 2. The van der Waals surface area contributed by atoms with Crippen LogP contribution in [0.1, 0.15) is 60.7 Å². The molecule has 1 aromatic heterocycles. The van der Waals surface area contributed by atoms with Crippen molar-refractivity contribution >= 4 is 11.7 Å². The van der Waals surface area contributed by atoms with Crippen molar-refractivity contribution in [2.45, 2.75) is 65.1 Å². The number of carbonyl (C=O) groups excluding carboxylic acids is 1. The van der Waals surface area contributed by atoms with Crippen LogP contribution in [0.2, 0.25) is 0 Å². The molecule has 0 spiro atoms. The number of hydrogen-bond donors (Lipinski definition) is 3. The van der Waals surface area contributed by atoms with Crippen molar-refractivity contribution in [3.8, 4) is 0 Å². The molecule has 0 saturated heterocycles. The molecule has 2 atom stereocenters. The molecule has 2 unspecified atom stereocenters. The minimum atomic E-state index is -1.01. The lowest BCUT2D eigenvalue weighted by molar-refractivity contribution is 0.0829. The molecule has 2 aromatic carbocycles. The van der Waals surface area contributed by atoms with Crippen molar-refractivity contribution < 1.29 is 18.7 Å². The summed E-state index contributed by atoms with van der Waals surface area (Å²) in [6.07, 6.45) is 3.48. The fourth-order valence-electron chi connectivity index (χ4n) is 4.60. The van der Waals surface area contributed by atoms with Gasteiger partial charge in [-0.25, -0.2) is 13.8 Å². The maximum Gasteiger partial charge on any atom is 0.251 e. The average Bonchev–Trinajstić information content (AvgIpc) is 2.92. The molecule has 8 heteroatoms. The number of pyridine rings is 1. The minimum absolute atomic E-state index is 0.0598. The maximum absolute atomic E-state index is 13.9. The first-order valence-corrected chi connectivity index (χ1v) is 13.8. The predicted molar refractivity (Wildman–Crippen MR) is 152 cm³/mol. The van der Waals surface area contributed by atoms with E-state index in [-0.39, 0.29) is 18.9 Å². The van der Waals surface area contributed by atoms with E-state index in [4.69, 9.17) is 0 Å². The van der Waals surface area contributed by atoms with Crippen LogP contribution in [0.5, 0.6) is 0 Å². The maximum atomic E-state index is 13.9. The Balaban J connectivity index is 1.75. The van der Waals surface area contributed by atoms with Gasteiger partial charge in [-0.15, -0.1) is 0 Å². The smallest absolute Gasteiger partial charge is 0.251 e. The van der Waals surface area contributed by atoms with Crippen LogP contribution in [-0.4, -0.2) is 47.8 Å². The molecule has 0 aliphatic rings. The number of halogens is 2. The third kappa shape index (κ3) is 9.41. The Bertz CT molecular complexity index is 1180. The third-order valence-corrected chi connectivity index (χ3v) is 6.56. The van der Waals surface area contributed by atoms with Crippen LogP contribution in [-0.2, 0) is 19.4 Å². The van der Waals surface area contributed by atoms with Gasteiger partial charge in [-0.05, 0) is 66.6 Å².